The van der Waals surface area contributed by atoms with Gasteiger partial charge in [-0.3, -0.25) is 4.79 Å². The number of anilines is 1. The number of hydrogen-bond acceptors (Lipinski definition) is 4. The van der Waals surface area contributed by atoms with Gasteiger partial charge >= 0.3 is 0 Å². The average Bonchev–Trinajstić information content (AvgIpc) is 3.25. The Morgan fingerprint density at radius 2 is 1.74 bits per heavy atom. The summed E-state index contributed by atoms with van der Waals surface area (Å²) in [6, 6.07) is 20.0. The highest BCUT2D eigenvalue weighted by Gasteiger charge is 2.31. The summed E-state index contributed by atoms with van der Waals surface area (Å²) in [7, 11) is -3.24. The molecule has 1 aromatic heterocycles. The van der Waals surface area contributed by atoms with Crippen LogP contribution in [0.25, 0.3) is 11.3 Å². The molecule has 4 rings (SSSR count). The SMILES string of the molecule is CCCCS(=O)(=O)N1CCC(C(=O)Nc2cc(-c3ccccc3C)nn2Cc2ccccc2)CC1. The number of hydrogen-bond donors (Lipinski definition) is 1. The molecule has 7 nitrogen and oxygen atoms in total. The minimum atomic E-state index is -3.24. The van der Waals surface area contributed by atoms with Crippen LogP contribution in [0.2, 0.25) is 0 Å². The van der Waals surface area contributed by atoms with E-state index in [1.54, 1.807) is 4.31 Å². The Morgan fingerprint density at radius 1 is 1.06 bits per heavy atom. The Hall–Kier alpha value is -2.97. The van der Waals surface area contributed by atoms with E-state index in [0.29, 0.717) is 44.7 Å². The number of sulfonamides is 1. The number of nitrogens with zero attached hydrogens (tertiary/aromatic N) is 3. The topological polar surface area (TPSA) is 84.3 Å². The molecule has 0 radical (unpaired) electrons. The van der Waals surface area contributed by atoms with Gasteiger partial charge < -0.3 is 5.32 Å². The van der Waals surface area contributed by atoms with Gasteiger partial charge in [0.15, 0.2) is 0 Å². The van der Waals surface area contributed by atoms with Crippen molar-refractivity contribution in [2.45, 2.75) is 46.1 Å². The van der Waals surface area contributed by atoms with Crippen molar-refractivity contribution in [3.8, 4) is 11.3 Å². The number of rotatable bonds is 9. The smallest absolute Gasteiger partial charge is 0.228 e. The number of carbonyl (C=O) groups is 1. The second kappa shape index (κ2) is 11.2. The molecule has 1 fully saturated rings. The largest absolute Gasteiger partial charge is 0.311 e. The van der Waals surface area contributed by atoms with Crippen molar-refractivity contribution in [2.24, 2.45) is 5.92 Å². The number of unbranched alkanes of at least 4 members (excludes halogenated alkanes) is 1. The first kappa shape index (κ1) is 25.1. The highest BCUT2D eigenvalue weighted by atomic mass is 32.2. The fourth-order valence-electron chi connectivity index (χ4n) is 4.47. The monoisotopic (exact) mass is 494 g/mol. The number of nitrogens with one attached hydrogen (secondary N) is 1. The molecule has 0 bridgehead atoms. The Bertz CT molecular complexity index is 1250. The van der Waals surface area contributed by atoms with Crippen molar-refractivity contribution in [1.29, 1.82) is 0 Å². The summed E-state index contributed by atoms with van der Waals surface area (Å²) >= 11 is 0. The Kier molecular flexibility index (Phi) is 8.03. The van der Waals surface area contributed by atoms with Crippen LogP contribution in [0.15, 0.2) is 60.7 Å². The molecule has 186 valence electrons. The maximum Gasteiger partial charge on any atom is 0.228 e. The summed E-state index contributed by atoms with van der Waals surface area (Å²) in [5, 5.41) is 7.91. The maximum atomic E-state index is 13.2. The van der Waals surface area contributed by atoms with Crippen LogP contribution in [0.4, 0.5) is 5.82 Å². The van der Waals surface area contributed by atoms with E-state index in [-0.39, 0.29) is 17.6 Å². The second-order valence-corrected chi connectivity index (χ2v) is 11.3. The van der Waals surface area contributed by atoms with E-state index in [1.807, 2.05) is 79.2 Å². The highest BCUT2D eigenvalue weighted by Crippen LogP contribution is 2.27. The summed E-state index contributed by atoms with van der Waals surface area (Å²) in [6.45, 7) is 5.35. The molecule has 0 saturated carbocycles. The summed E-state index contributed by atoms with van der Waals surface area (Å²) in [4.78, 5) is 13.2. The van der Waals surface area contributed by atoms with E-state index in [2.05, 4.69) is 5.32 Å². The van der Waals surface area contributed by atoms with Gasteiger partial charge in [-0.05, 0) is 37.3 Å². The molecule has 8 heteroatoms. The minimum Gasteiger partial charge on any atom is -0.311 e. The predicted octanol–water partition coefficient (Wildman–Crippen LogP) is 4.69. The second-order valence-electron chi connectivity index (χ2n) is 9.21. The molecule has 0 unspecified atom stereocenters. The lowest BCUT2D eigenvalue weighted by molar-refractivity contribution is -0.121. The van der Waals surface area contributed by atoms with Crippen LogP contribution in [0, 0.1) is 12.8 Å². The molecular formula is C27H34N4O3S. The number of aromatic nitrogens is 2. The zero-order valence-corrected chi connectivity index (χ0v) is 21.3. The van der Waals surface area contributed by atoms with Crippen molar-refractivity contribution in [3.05, 3.63) is 71.8 Å². The summed E-state index contributed by atoms with van der Waals surface area (Å²) in [5.74, 6) is 0.520. The molecule has 0 atom stereocenters. The highest BCUT2D eigenvalue weighted by molar-refractivity contribution is 7.89. The maximum absolute atomic E-state index is 13.2. The van der Waals surface area contributed by atoms with Crippen LogP contribution >= 0.6 is 0 Å². The third-order valence-corrected chi connectivity index (χ3v) is 8.56. The van der Waals surface area contributed by atoms with Crippen LogP contribution in [-0.4, -0.2) is 47.3 Å². The molecular weight excluding hydrogens is 460 g/mol. The van der Waals surface area contributed by atoms with Crippen LogP contribution in [0.5, 0.6) is 0 Å². The fourth-order valence-corrected chi connectivity index (χ4v) is 6.15. The molecule has 2 aromatic carbocycles. The molecule has 1 aliphatic rings. The van der Waals surface area contributed by atoms with Gasteiger partial charge in [-0.1, -0.05) is 67.9 Å². The van der Waals surface area contributed by atoms with Crippen LogP contribution in [0.1, 0.15) is 43.7 Å². The lowest BCUT2D eigenvalue weighted by atomic mass is 9.97. The van der Waals surface area contributed by atoms with E-state index in [4.69, 9.17) is 5.10 Å². The third-order valence-electron chi connectivity index (χ3n) is 6.60. The van der Waals surface area contributed by atoms with E-state index in [1.165, 1.54) is 0 Å². The third kappa shape index (κ3) is 6.18. The summed E-state index contributed by atoms with van der Waals surface area (Å²) in [5.41, 5.74) is 4.05. The van der Waals surface area contributed by atoms with Crippen LogP contribution < -0.4 is 5.32 Å². The first-order valence-corrected chi connectivity index (χ1v) is 13.9. The average molecular weight is 495 g/mol. The molecule has 3 aromatic rings. The number of amides is 1. The number of benzene rings is 2. The molecule has 0 spiro atoms. The Balaban J connectivity index is 1.50. The van der Waals surface area contributed by atoms with E-state index >= 15 is 0 Å². The number of carbonyl (C=O) groups excluding carboxylic acids is 1. The predicted molar refractivity (Wildman–Crippen MR) is 140 cm³/mol. The van der Waals surface area contributed by atoms with Crippen molar-refractivity contribution < 1.29 is 13.2 Å². The quantitative estimate of drug-likeness (QED) is 0.468. The van der Waals surface area contributed by atoms with Crippen molar-refractivity contribution >= 4 is 21.7 Å². The lowest BCUT2D eigenvalue weighted by Gasteiger charge is -2.30. The van der Waals surface area contributed by atoms with Gasteiger partial charge in [0.1, 0.15) is 5.82 Å². The van der Waals surface area contributed by atoms with Gasteiger partial charge in [-0.2, -0.15) is 5.10 Å². The van der Waals surface area contributed by atoms with Gasteiger partial charge in [0.05, 0.1) is 18.0 Å². The first-order chi connectivity index (χ1) is 16.9. The zero-order valence-electron chi connectivity index (χ0n) is 20.5. The molecule has 1 saturated heterocycles. The Morgan fingerprint density at radius 3 is 2.43 bits per heavy atom. The van der Waals surface area contributed by atoms with E-state index in [9.17, 15) is 13.2 Å². The molecule has 0 aliphatic carbocycles. The molecule has 35 heavy (non-hydrogen) atoms. The van der Waals surface area contributed by atoms with Gasteiger partial charge in [0, 0.05) is 30.6 Å². The molecule has 1 amide bonds. The molecule has 1 N–H and O–H groups in total. The van der Waals surface area contributed by atoms with Gasteiger partial charge in [0.25, 0.3) is 0 Å². The summed E-state index contributed by atoms with van der Waals surface area (Å²) < 4.78 is 28.4. The number of aryl methyl sites for hydroxylation is 1. The molecule has 2 heterocycles. The van der Waals surface area contributed by atoms with E-state index in [0.717, 1.165) is 28.8 Å². The fraction of sp³-hybridized carbons (Fsp3) is 0.407. The lowest BCUT2D eigenvalue weighted by Crippen LogP contribution is -2.42. The zero-order chi connectivity index (χ0) is 24.8. The Labute approximate surface area is 208 Å². The standard InChI is InChI=1S/C27H34N4O3S/c1-3-4-18-35(33,34)30-16-14-23(15-17-30)27(32)28-26-19-25(24-13-9-8-10-21(24)2)29-31(26)20-22-11-6-5-7-12-22/h5-13,19,23H,3-4,14-18,20H2,1-2H3,(H,28,32). The first-order valence-electron chi connectivity index (χ1n) is 12.3. The van der Waals surface area contributed by atoms with Crippen LogP contribution in [0.3, 0.4) is 0 Å². The van der Waals surface area contributed by atoms with E-state index < -0.39 is 10.0 Å². The van der Waals surface area contributed by atoms with Crippen molar-refractivity contribution in [2.75, 3.05) is 24.2 Å². The van der Waals surface area contributed by atoms with Gasteiger partial charge in [0.2, 0.25) is 15.9 Å². The summed E-state index contributed by atoms with van der Waals surface area (Å²) in [6.07, 6.45) is 2.56. The number of piperidine rings is 1. The van der Waals surface area contributed by atoms with Crippen molar-refractivity contribution in [3.63, 3.8) is 0 Å². The van der Waals surface area contributed by atoms with Crippen LogP contribution in [-0.2, 0) is 21.4 Å². The van der Waals surface area contributed by atoms with Gasteiger partial charge in [-0.25, -0.2) is 17.4 Å². The minimum absolute atomic E-state index is 0.0823. The molecule has 1 aliphatic heterocycles. The van der Waals surface area contributed by atoms with Gasteiger partial charge in [-0.15, -0.1) is 0 Å². The normalized spacial score (nSPS) is 15.3. The van der Waals surface area contributed by atoms with Crippen molar-refractivity contribution in [1.82, 2.24) is 14.1 Å².